The molecular formula is C26H36N2O3. The SMILES string of the molecule is CCN(CC)C(=O)c1ccc(C2NCCc3cc(OC)c(OCC(C)(C)C)cc32)cc1. The van der Waals surface area contributed by atoms with Crippen LogP contribution in [0.5, 0.6) is 11.5 Å². The predicted octanol–water partition coefficient (Wildman–Crippen LogP) is 4.84. The Morgan fingerprint density at radius 3 is 2.35 bits per heavy atom. The molecule has 1 aliphatic rings. The van der Waals surface area contributed by atoms with Gasteiger partial charge in [-0.25, -0.2) is 0 Å². The lowest BCUT2D eigenvalue weighted by atomic mass is 9.89. The van der Waals surface area contributed by atoms with Crippen LogP contribution in [0.2, 0.25) is 0 Å². The summed E-state index contributed by atoms with van der Waals surface area (Å²) in [5.41, 5.74) is 4.41. The lowest BCUT2D eigenvalue weighted by Crippen LogP contribution is -2.31. The Labute approximate surface area is 186 Å². The number of hydrogen-bond donors (Lipinski definition) is 1. The number of ether oxygens (including phenoxy) is 2. The minimum Gasteiger partial charge on any atom is -0.493 e. The molecule has 0 spiro atoms. The normalized spacial score (nSPS) is 15.9. The van der Waals surface area contributed by atoms with E-state index in [0.29, 0.717) is 19.7 Å². The Balaban J connectivity index is 1.90. The summed E-state index contributed by atoms with van der Waals surface area (Å²) in [4.78, 5) is 14.5. The first kappa shape index (κ1) is 23.1. The van der Waals surface area contributed by atoms with Crippen molar-refractivity contribution in [1.29, 1.82) is 0 Å². The third-order valence-corrected chi connectivity index (χ3v) is 5.68. The molecule has 1 heterocycles. The van der Waals surface area contributed by atoms with Crippen LogP contribution >= 0.6 is 0 Å². The third kappa shape index (κ3) is 5.40. The fourth-order valence-corrected chi connectivity index (χ4v) is 3.94. The van der Waals surface area contributed by atoms with Gasteiger partial charge in [0.2, 0.25) is 0 Å². The van der Waals surface area contributed by atoms with Crippen LogP contribution in [0.3, 0.4) is 0 Å². The summed E-state index contributed by atoms with van der Waals surface area (Å²) in [7, 11) is 1.69. The van der Waals surface area contributed by atoms with Gasteiger partial charge in [0.1, 0.15) is 0 Å². The molecule has 0 radical (unpaired) electrons. The number of nitrogens with one attached hydrogen (secondary N) is 1. The lowest BCUT2D eigenvalue weighted by molar-refractivity contribution is 0.0773. The first-order chi connectivity index (χ1) is 14.8. The van der Waals surface area contributed by atoms with E-state index in [1.54, 1.807) is 7.11 Å². The fraction of sp³-hybridized carbons (Fsp3) is 0.500. The summed E-state index contributed by atoms with van der Waals surface area (Å²) in [6.45, 7) is 13.4. The number of fused-ring (bicyclic) bond motifs is 1. The van der Waals surface area contributed by atoms with Crippen LogP contribution in [0.1, 0.15) is 67.7 Å². The average Bonchev–Trinajstić information content (AvgIpc) is 2.77. The van der Waals surface area contributed by atoms with E-state index in [9.17, 15) is 4.79 Å². The highest BCUT2D eigenvalue weighted by molar-refractivity contribution is 5.94. The van der Waals surface area contributed by atoms with Crippen molar-refractivity contribution in [3.05, 3.63) is 58.7 Å². The zero-order chi connectivity index (χ0) is 22.6. The van der Waals surface area contributed by atoms with Crippen LogP contribution in [0.4, 0.5) is 0 Å². The highest BCUT2D eigenvalue weighted by atomic mass is 16.5. The largest absolute Gasteiger partial charge is 0.493 e. The number of carbonyl (C=O) groups is 1. The zero-order valence-electron chi connectivity index (χ0n) is 19.7. The summed E-state index contributed by atoms with van der Waals surface area (Å²) in [5, 5.41) is 3.63. The van der Waals surface area contributed by atoms with Gasteiger partial charge in [-0.2, -0.15) is 0 Å². The molecule has 0 fully saturated rings. The maximum Gasteiger partial charge on any atom is 0.253 e. The van der Waals surface area contributed by atoms with E-state index in [4.69, 9.17) is 9.47 Å². The molecule has 5 heteroatoms. The first-order valence-corrected chi connectivity index (χ1v) is 11.2. The molecule has 1 unspecified atom stereocenters. The van der Waals surface area contributed by atoms with Gasteiger partial charge in [0.15, 0.2) is 11.5 Å². The second-order valence-corrected chi connectivity index (χ2v) is 9.29. The molecule has 1 atom stereocenters. The molecule has 31 heavy (non-hydrogen) atoms. The Morgan fingerprint density at radius 1 is 1.10 bits per heavy atom. The third-order valence-electron chi connectivity index (χ3n) is 5.68. The molecule has 1 amide bonds. The van der Waals surface area contributed by atoms with Gasteiger partial charge in [-0.1, -0.05) is 32.9 Å². The maximum atomic E-state index is 12.6. The predicted molar refractivity (Wildman–Crippen MR) is 125 cm³/mol. The van der Waals surface area contributed by atoms with E-state index < -0.39 is 0 Å². The van der Waals surface area contributed by atoms with Gasteiger partial charge in [0.05, 0.1) is 19.8 Å². The molecule has 2 aromatic carbocycles. The topological polar surface area (TPSA) is 50.8 Å². The second-order valence-electron chi connectivity index (χ2n) is 9.29. The Hall–Kier alpha value is -2.53. The summed E-state index contributed by atoms with van der Waals surface area (Å²) in [6.07, 6.45) is 0.945. The molecule has 0 aliphatic carbocycles. The molecule has 0 saturated carbocycles. The number of hydrogen-bond acceptors (Lipinski definition) is 4. The molecule has 2 aromatic rings. The van der Waals surface area contributed by atoms with Crippen LogP contribution < -0.4 is 14.8 Å². The maximum absolute atomic E-state index is 12.6. The van der Waals surface area contributed by atoms with Gasteiger partial charge in [-0.3, -0.25) is 4.79 Å². The van der Waals surface area contributed by atoms with Crippen molar-refractivity contribution in [2.45, 2.75) is 47.1 Å². The van der Waals surface area contributed by atoms with Crippen molar-refractivity contribution in [2.75, 3.05) is 33.4 Å². The van der Waals surface area contributed by atoms with Crippen molar-refractivity contribution in [3.63, 3.8) is 0 Å². The quantitative estimate of drug-likeness (QED) is 0.691. The second kappa shape index (κ2) is 9.73. The van der Waals surface area contributed by atoms with Crippen molar-refractivity contribution >= 4 is 5.91 Å². The van der Waals surface area contributed by atoms with Crippen LogP contribution in [-0.2, 0) is 6.42 Å². The van der Waals surface area contributed by atoms with Crippen LogP contribution in [0.25, 0.3) is 0 Å². The standard InChI is InChI=1S/C26H36N2O3/c1-7-28(8-2)25(29)19-11-9-18(10-12-19)24-21-16-23(31-17-26(3,4)5)22(30-6)15-20(21)13-14-27-24/h9-12,15-16,24,27H,7-8,13-14,17H2,1-6H3. The van der Waals surface area contributed by atoms with Crippen LogP contribution in [0.15, 0.2) is 36.4 Å². The smallest absolute Gasteiger partial charge is 0.253 e. The van der Waals surface area contributed by atoms with E-state index >= 15 is 0 Å². The van der Waals surface area contributed by atoms with Crippen LogP contribution in [0, 0.1) is 5.41 Å². The van der Waals surface area contributed by atoms with Gasteiger partial charge in [0.25, 0.3) is 5.91 Å². The summed E-state index contributed by atoms with van der Waals surface area (Å²) in [5.74, 6) is 1.64. The molecular weight excluding hydrogens is 388 g/mol. The van der Waals surface area contributed by atoms with E-state index in [2.05, 4.69) is 50.4 Å². The van der Waals surface area contributed by atoms with Gasteiger partial charge in [0, 0.05) is 25.2 Å². The van der Waals surface area contributed by atoms with Crippen molar-refractivity contribution in [2.24, 2.45) is 5.41 Å². The highest BCUT2D eigenvalue weighted by Gasteiger charge is 2.25. The van der Waals surface area contributed by atoms with Crippen molar-refractivity contribution in [3.8, 4) is 11.5 Å². The average molecular weight is 425 g/mol. The molecule has 1 aliphatic heterocycles. The fourth-order valence-electron chi connectivity index (χ4n) is 3.94. The van der Waals surface area contributed by atoms with Gasteiger partial charge in [-0.05, 0) is 66.6 Å². The number of carbonyl (C=O) groups excluding carboxylic acids is 1. The Morgan fingerprint density at radius 2 is 1.77 bits per heavy atom. The van der Waals surface area contributed by atoms with Gasteiger partial charge >= 0.3 is 0 Å². The van der Waals surface area contributed by atoms with Crippen molar-refractivity contribution in [1.82, 2.24) is 10.2 Å². The monoisotopic (exact) mass is 424 g/mol. The zero-order valence-corrected chi connectivity index (χ0v) is 19.7. The minimum absolute atomic E-state index is 0.0595. The van der Waals surface area contributed by atoms with E-state index in [1.807, 2.05) is 30.9 Å². The number of methoxy groups -OCH3 is 1. The minimum atomic E-state index is 0.0595. The first-order valence-electron chi connectivity index (χ1n) is 11.2. The highest BCUT2D eigenvalue weighted by Crippen LogP contribution is 2.38. The van der Waals surface area contributed by atoms with E-state index in [1.165, 1.54) is 11.1 Å². The van der Waals surface area contributed by atoms with Crippen LogP contribution in [-0.4, -0.2) is 44.2 Å². The number of amides is 1. The number of nitrogens with zero attached hydrogens (tertiary/aromatic N) is 1. The molecule has 5 nitrogen and oxygen atoms in total. The Kier molecular flexibility index (Phi) is 7.26. The Bertz CT molecular complexity index is 896. The van der Waals surface area contributed by atoms with Crippen molar-refractivity contribution < 1.29 is 14.3 Å². The van der Waals surface area contributed by atoms with Gasteiger partial charge < -0.3 is 19.7 Å². The number of benzene rings is 2. The number of rotatable bonds is 7. The molecule has 3 rings (SSSR count). The van der Waals surface area contributed by atoms with Gasteiger partial charge in [-0.15, -0.1) is 0 Å². The summed E-state index contributed by atoms with van der Waals surface area (Å²) >= 11 is 0. The summed E-state index contributed by atoms with van der Waals surface area (Å²) in [6, 6.07) is 12.3. The lowest BCUT2D eigenvalue weighted by Gasteiger charge is -2.29. The molecule has 0 aromatic heterocycles. The molecule has 1 N–H and O–H groups in total. The van der Waals surface area contributed by atoms with E-state index in [0.717, 1.165) is 35.6 Å². The van der Waals surface area contributed by atoms with E-state index in [-0.39, 0.29) is 17.4 Å². The molecule has 0 bridgehead atoms. The molecule has 0 saturated heterocycles. The molecule has 168 valence electrons. The summed E-state index contributed by atoms with van der Waals surface area (Å²) < 4.78 is 11.8.